The quantitative estimate of drug-likeness (QED) is 0.776. The molecule has 0 aromatic heterocycles. The number of nitrogens with one attached hydrogen (secondary N) is 2. The number of carbonyl (C=O) groups is 2. The molecule has 0 bridgehead atoms. The standard InChI is InChI=1S/C15H20FN3O2/c1-2-9(8-17)5-15(21)19-13-7-12-10(6-11(13)16)3-4-14(20)18-12/h6-7,9H,2-5,8,17H2,1H3,(H,18,20)(H,19,21). The Labute approximate surface area is 123 Å². The van der Waals surface area contributed by atoms with Gasteiger partial charge >= 0.3 is 0 Å². The van der Waals surface area contributed by atoms with Crippen LogP contribution in [0.4, 0.5) is 15.8 Å². The van der Waals surface area contributed by atoms with Crippen LogP contribution in [0.25, 0.3) is 0 Å². The highest BCUT2D eigenvalue weighted by atomic mass is 19.1. The number of aryl methyl sites for hydroxylation is 1. The minimum atomic E-state index is -0.487. The summed E-state index contributed by atoms with van der Waals surface area (Å²) in [6.45, 7) is 2.38. The van der Waals surface area contributed by atoms with Crippen LogP contribution in [0.3, 0.4) is 0 Å². The van der Waals surface area contributed by atoms with Crippen molar-refractivity contribution in [1.82, 2.24) is 0 Å². The summed E-state index contributed by atoms with van der Waals surface area (Å²) in [5, 5.41) is 5.24. The fraction of sp³-hybridized carbons (Fsp3) is 0.467. The van der Waals surface area contributed by atoms with Crippen molar-refractivity contribution in [1.29, 1.82) is 0 Å². The predicted octanol–water partition coefficient (Wildman–Crippen LogP) is 2.02. The van der Waals surface area contributed by atoms with E-state index in [4.69, 9.17) is 5.73 Å². The Morgan fingerprint density at radius 2 is 2.24 bits per heavy atom. The summed E-state index contributed by atoms with van der Waals surface area (Å²) in [5.74, 6) is -0.765. The number of hydrogen-bond acceptors (Lipinski definition) is 3. The van der Waals surface area contributed by atoms with Gasteiger partial charge in [-0.2, -0.15) is 0 Å². The van der Waals surface area contributed by atoms with Crippen molar-refractivity contribution in [3.63, 3.8) is 0 Å². The highest BCUT2D eigenvalue weighted by molar-refractivity contribution is 5.96. The maximum Gasteiger partial charge on any atom is 0.224 e. The van der Waals surface area contributed by atoms with E-state index in [1.165, 1.54) is 12.1 Å². The lowest BCUT2D eigenvalue weighted by molar-refractivity contribution is -0.117. The summed E-state index contributed by atoms with van der Waals surface area (Å²) in [4.78, 5) is 23.3. The second-order valence-corrected chi connectivity index (χ2v) is 5.30. The summed E-state index contributed by atoms with van der Waals surface area (Å²) < 4.78 is 14.0. The second-order valence-electron chi connectivity index (χ2n) is 5.30. The first kappa shape index (κ1) is 15.4. The van der Waals surface area contributed by atoms with E-state index in [2.05, 4.69) is 10.6 Å². The van der Waals surface area contributed by atoms with Gasteiger partial charge in [-0.25, -0.2) is 4.39 Å². The third-order valence-electron chi connectivity index (χ3n) is 3.75. The molecule has 0 fully saturated rings. The molecule has 0 aliphatic carbocycles. The number of anilines is 2. The molecule has 1 aliphatic heterocycles. The zero-order valence-corrected chi connectivity index (χ0v) is 12.0. The first-order chi connectivity index (χ1) is 10.0. The maximum absolute atomic E-state index is 14.0. The fourth-order valence-corrected chi connectivity index (χ4v) is 2.35. The molecule has 1 atom stereocenters. The zero-order valence-electron chi connectivity index (χ0n) is 12.0. The summed E-state index contributed by atoms with van der Waals surface area (Å²) >= 11 is 0. The number of halogens is 1. The van der Waals surface area contributed by atoms with E-state index in [0.29, 0.717) is 25.1 Å². The molecule has 1 aromatic carbocycles. The smallest absolute Gasteiger partial charge is 0.224 e. The van der Waals surface area contributed by atoms with Crippen molar-refractivity contribution < 1.29 is 14.0 Å². The van der Waals surface area contributed by atoms with Crippen LogP contribution in [-0.2, 0) is 16.0 Å². The van der Waals surface area contributed by atoms with Crippen LogP contribution in [0.5, 0.6) is 0 Å². The molecular formula is C15H20FN3O2. The molecule has 114 valence electrons. The Morgan fingerprint density at radius 3 is 2.90 bits per heavy atom. The van der Waals surface area contributed by atoms with Crippen LogP contribution in [0, 0.1) is 11.7 Å². The van der Waals surface area contributed by atoms with Gasteiger partial charge in [0.05, 0.1) is 5.69 Å². The Kier molecular flexibility index (Phi) is 4.90. The van der Waals surface area contributed by atoms with Crippen molar-refractivity contribution in [2.24, 2.45) is 11.7 Å². The van der Waals surface area contributed by atoms with Crippen LogP contribution in [0.15, 0.2) is 12.1 Å². The SMILES string of the molecule is CCC(CN)CC(=O)Nc1cc2c(cc1F)CCC(=O)N2. The minimum Gasteiger partial charge on any atom is -0.330 e. The average Bonchev–Trinajstić information content (AvgIpc) is 2.46. The molecule has 1 unspecified atom stereocenters. The van der Waals surface area contributed by atoms with Crippen molar-refractivity contribution in [2.75, 3.05) is 17.2 Å². The molecule has 0 saturated carbocycles. The Hall–Kier alpha value is -1.95. The number of nitrogens with two attached hydrogens (primary N) is 1. The molecule has 1 aromatic rings. The van der Waals surface area contributed by atoms with E-state index < -0.39 is 5.82 Å². The zero-order chi connectivity index (χ0) is 15.4. The van der Waals surface area contributed by atoms with E-state index in [1.807, 2.05) is 6.92 Å². The molecule has 1 heterocycles. The Morgan fingerprint density at radius 1 is 1.48 bits per heavy atom. The van der Waals surface area contributed by atoms with Gasteiger partial charge in [-0.3, -0.25) is 9.59 Å². The van der Waals surface area contributed by atoms with Gasteiger partial charge < -0.3 is 16.4 Å². The number of hydrogen-bond donors (Lipinski definition) is 3. The maximum atomic E-state index is 14.0. The number of fused-ring (bicyclic) bond motifs is 1. The Bertz CT molecular complexity index is 556. The lowest BCUT2D eigenvalue weighted by atomic mass is 10.0. The molecule has 6 heteroatoms. The van der Waals surface area contributed by atoms with Crippen molar-refractivity contribution in [3.8, 4) is 0 Å². The van der Waals surface area contributed by atoms with Gasteiger partial charge in [-0.1, -0.05) is 13.3 Å². The van der Waals surface area contributed by atoms with Crippen LogP contribution >= 0.6 is 0 Å². The van der Waals surface area contributed by atoms with E-state index in [0.717, 1.165) is 12.0 Å². The van der Waals surface area contributed by atoms with Crippen molar-refractivity contribution in [2.45, 2.75) is 32.6 Å². The van der Waals surface area contributed by atoms with Gasteiger partial charge in [0.15, 0.2) is 0 Å². The van der Waals surface area contributed by atoms with Gasteiger partial charge in [0.25, 0.3) is 0 Å². The topological polar surface area (TPSA) is 84.2 Å². The minimum absolute atomic E-state index is 0.0883. The van der Waals surface area contributed by atoms with Gasteiger partial charge in [0.2, 0.25) is 11.8 Å². The first-order valence-electron chi connectivity index (χ1n) is 7.15. The first-order valence-corrected chi connectivity index (χ1v) is 7.15. The fourth-order valence-electron chi connectivity index (χ4n) is 2.35. The molecule has 1 aliphatic rings. The molecule has 2 rings (SSSR count). The number of carbonyl (C=O) groups excluding carboxylic acids is 2. The van der Waals surface area contributed by atoms with E-state index in [-0.39, 0.29) is 29.8 Å². The van der Waals surface area contributed by atoms with Crippen molar-refractivity contribution >= 4 is 23.2 Å². The number of benzene rings is 1. The monoisotopic (exact) mass is 293 g/mol. The molecular weight excluding hydrogens is 273 g/mol. The third kappa shape index (κ3) is 3.78. The van der Waals surface area contributed by atoms with Gasteiger partial charge in [-0.05, 0) is 36.6 Å². The highest BCUT2D eigenvalue weighted by Gasteiger charge is 2.19. The second kappa shape index (κ2) is 6.67. The van der Waals surface area contributed by atoms with E-state index in [9.17, 15) is 14.0 Å². The highest BCUT2D eigenvalue weighted by Crippen LogP contribution is 2.28. The summed E-state index contributed by atoms with van der Waals surface area (Å²) in [7, 11) is 0. The molecule has 4 N–H and O–H groups in total. The number of amides is 2. The van der Waals surface area contributed by atoms with Crippen LogP contribution < -0.4 is 16.4 Å². The average molecular weight is 293 g/mol. The third-order valence-corrected chi connectivity index (χ3v) is 3.75. The molecule has 21 heavy (non-hydrogen) atoms. The molecule has 0 saturated heterocycles. The molecule has 0 radical (unpaired) electrons. The van der Waals surface area contributed by atoms with E-state index in [1.54, 1.807) is 0 Å². The molecule has 2 amide bonds. The van der Waals surface area contributed by atoms with Crippen LogP contribution in [0.1, 0.15) is 31.7 Å². The lowest BCUT2D eigenvalue weighted by Crippen LogP contribution is -2.23. The lowest BCUT2D eigenvalue weighted by Gasteiger charge is -2.19. The largest absolute Gasteiger partial charge is 0.330 e. The summed E-state index contributed by atoms with van der Waals surface area (Å²) in [6.07, 6.45) is 1.92. The van der Waals surface area contributed by atoms with Gasteiger partial charge in [0, 0.05) is 18.5 Å². The molecule has 0 spiro atoms. The van der Waals surface area contributed by atoms with Crippen LogP contribution in [0.2, 0.25) is 0 Å². The summed E-state index contributed by atoms with van der Waals surface area (Å²) in [6, 6.07) is 2.84. The van der Waals surface area contributed by atoms with Crippen molar-refractivity contribution in [3.05, 3.63) is 23.5 Å². The normalized spacial score (nSPS) is 15.1. The molecule has 5 nitrogen and oxygen atoms in total. The predicted molar refractivity (Wildman–Crippen MR) is 79.4 cm³/mol. The van der Waals surface area contributed by atoms with Gasteiger partial charge in [0.1, 0.15) is 5.82 Å². The summed E-state index contributed by atoms with van der Waals surface area (Å²) in [5.41, 5.74) is 6.96. The Balaban J connectivity index is 2.11. The number of rotatable bonds is 5. The van der Waals surface area contributed by atoms with Gasteiger partial charge in [-0.15, -0.1) is 0 Å². The van der Waals surface area contributed by atoms with E-state index >= 15 is 0 Å². The van der Waals surface area contributed by atoms with Crippen LogP contribution in [-0.4, -0.2) is 18.4 Å².